The maximum Gasteiger partial charge on any atom is 0.139 e. The number of fused-ring (bicyclic) bond motifs is 1. The molecular weight excluding hydrogens is 276 g/mol. The summed E-state index contributed by atoms with van der Waals surface area (Å²) in [5.41, 5.74) is 4.13. The predicted molar refractivity (Wildman–Crippen MR) is 85.6 cm³/mol. The van der Waals surface area contributed by atoms with Gasteiger partial charge in [0.1, 0.15) is 6.29 Å². The molecule has 5 nitrogen and oxygen atoms in total. The van der Waals surface area contributed by atoms with E-state index in [9.17, 15) is 4.79 Å². The second-order valence-electron chi connectivity index (χ2n) is 5.45. The van der Waals surface area contributed by atoms with Crippen LogP contribution in [0.25, 0.3) is 11.0 Å². The molecule has 2 aromatic carbocycles. The smallest absolute Gasteiger partial charge is 0.139 e. The zero-order valence-corrected chi connectivity index (χ0v) is 11.9. The summed E-state index contributed by atoms with van der Waals surface area (Å²) in [7, 11) is 0. The van der Waals surface area contributed by atoms with E-state index in [1.807, 2.05) is 24.3 Å². The van der Waals surface area contributed by atoms with Crippen LogP contribution < -0.4 is 10.2 Å². The second-order valence-corrected chi connectivity index (χ2v) is 5.45. The lowest BCUT2D eigenvalue weighted by atomic mass is 10.00. The summed E-state index contributed by atoms with van der Waals surface area (Å²) < 4.78 is 0. The van der Waals surface area contributed by atoms with Crippen LogP contribution in [-0.4, -0.2) is 29.0 Å². The lowest BCUT2D eigenvalue weighted by Gasteiger charge is -2.27. The Bertz CT molecular complexity index is 799. The number of nitrogens with one attached hydrogen (secondary N) is 2. The zero-order valence-electron chi connectivity index (χ0n) is 11.9. The van der Waals surface area contributed by atoms with Crippen molar-refractivity contribution in [2.45, 2.75) is 12.1 Å². The third-order valence-electron chi connectivity index (χ3n) is 4.20. The SMILES string of the molecule is O=CC1NCN(c2ccc3[nH]cnc3c2)C1c1ccccc1. The van der Waals surface area contributed by atoms with Crippen LogP contribution in [0.4, 0.5) is 5.69 Å². The Hall–Kier alpha value is -2.66. The topological polar surface area (TPSA) is 61.0 Å². The van der Waals surface area contributed by atoms with Crippen molar-refractivity contribution in [3.63, 3.8) is 0 Å². The van der Waals surface area contributed by atoms with E-state index in [0.717, 1.165) is 28.6 Å². The molecule has 0 saturated carbocycles. The maximum absolute atomic E-state index is 11.4. The van der Waals surface area contributed by atoms with Crippen LogP contribution in [0.5, 0.6) is 0 Å². The van der Waals surface area contributed by atoms with Crippen molar-refractivity contribution < 1.29 is 4.79 Å². The number of carbonyl (C=O) groups is 1. The molecule has 1 aliphatic heterocycles. The first-order valence-corrected chi connectivity index (χ1v) is 7.30. The van der Waals surface area contributed by atoms with E-state index in [-0.39, 0.29) is 12.1 Å². The largest absolute Gasteiger partial charge is 0.350 e. The molecule has 2 unspecified atom stereocenters. The standard InChI is InChI=1S/C17H16N4O/c22-9-16-17(12-4-2-1-3-5-12)21(11-20-16)13-6-7-14-15(8-13)19-10-18-14/h1-10,16-17,20H,11H2,(H,18,19). The molecule has 0 amide bonds. The van der Waals surface area contributed by atoms with E-state index in [4.69, 9.17) is 0 Å². The minimum atomic E-state index is -0.211. The number of hydrogen-bond donors (Lipinski definition) is 2. The van der Waals surface area contributed by atoms with Gasteiger partial charge in [0.15, 0.2) is 0 Å². The molecule has 0 spiro atoms. The molecule has 0 aliphatic carbocycles. The summed E-state index contributed by atoms with van der Waals surface area (Å²) in [6.07, 6.45) is 2.68. The van der Waals surface area contributed by atoms with Gasteiger partial charge in [0.2, 0.25) is 0 Å². The van der Waals surface area contributed by atoms with Gasteiger partial charge in [-0.2, -0.15) is 0 Å². The summed E-state index contributed by atoms with van der Waals surface area (Å²) >= 11 is 0. The van der Waals surface area contributed by atoms with Gasteiger partial charge in [-0.05, 0) is 23.8 Å². The predicted octanol–water partition coefficient (Wildman–Crippen LogP) is 2.24. The van der Waals surface area contributed by atoms with Gasteiger partial charge in [-0.1, -0.05) is 30.3 Å². The summed E-state index contributed by atoms with van der Waals surface area (Å²) in [5, 5.41) is 3.27. The number of benzene rings is 2. The molecular formula is C17H16N4O. The molecule has 110 valence electrons. The Morgan fingerprint density at radius 2 is 2.05 bits per heavy atom. The van der Waals surface area contributed by atoms with E-state index >= 15 is 0 Å². The number of rotatable bonds is 3. The molecule has 1 aromatic heterocycles. The van der Waals surface area contributed by atoms with Crippen molar-refractivity contribution in [2.24, 2.45) is 0 Å². The first-order chi connectivity index (χ1) is 10.9. The first kappa shape index (κ1) is 13.0. The molecule has 0 bridgehead atoms. The molecule has 2 N–H and O–H groups in total. The van der Waals surface area contributed by atoms with Crippen molar-refractivity contribution in [1.82, 2.24) is 15.3 Å². The highest BCUT2D eigenvalue weighted by Gasteiger charge is 2.34. The van der Waals surface area contributed by atoms with Crippen molar-refractivity contribution in [2.75, 3.05) is 11.6 Å². The number of carbonyl (C=O) groups excluding carboxylic acids is 1. The van der Waals surface area contributed by atoms with Crippen LogP contribution >= 0.6 is 0 Å². The molecule has 2 heterocycles. The molecule has 1 aliphatic rings. The normalized spacial score (nSPS) is 21.4. The Kier molecular flexibility index (Phi) is 3.12. The van der Waals surface area contributed by atoms with Crippen LogP contribution in [0.1, 0.15) is 11.6 Å². The highest BCUT2D eigenvalue weighted by atomic mass is 16.1. The molecule has 1 saturated heterocycles. The van der Waals surface area contributed by atoms with E-state index in [2.05, 4.69) is 44.5 Å². The summed E-state index contributed by atoms with van der Waals surface area (Å²) in [6.45, 7) is 0.638. The number of aldehydes is 1. The molecule has 0 radical (unpaired) electrons. The zero-order chi connectivity index (χ0) is 14.9. The average Bonchev–Trinajstić information content (AvgIpc) is 3.21. The second kappa shape index (κ2) is 5.27. The highest BCUT2D eigenvalue weighted by Crippen LogP contribution is 2.33. The van der Waals surface area contributed by atoms with Gasteiger partial charge in [0, 0.05) is 5.69 Å². The monoisotopic (exact) mass is 292 g/mol. The van der Waals surface area contributed by atoms with Crippen LogP contribution in [0.2, 0.25) is 0 Å². The van der Waals surface area contributed by atoms with Crippen molar-refractivity contribution >= 4 is 23.0 Å². The van der Waals surface area contributed by atoms with Crippen LogP contribution in [0, 0.1) is 0 Å². The van der Waals surface area contributed by atoms with Crippen molar-refractivity contribution in [3.8, 4) is 0 Å². The maximum atomic E-state index is 11.4. The van der Waals surface area contributed by atoms with Gasteiger partial charge < -0.3 is 14.7 Å². The summed E-state index contributed by atoms with van der Waals surface area (Å²) in [4.78, 5) is 21.1. The van der Waals surface area contributed by atoms with E-state index in [1.54, 1.807) is 6.33 Å². The van der Waals surface area contributed by atoms with Gasteiger partial charge in [-0.15, -0.1) is 0 Å². The fraction of sp³-hybridized carbons (Fsp3) is 0.176. The fourth-order valence-corrected chi connectivity index (χ4v) is 3.12. The number of H-pyrrole nitrogens is 1. The third-order valence-corrected chi connectivity index (χ3v) is 4.20. The third kappa shape index (κ3) is 2.07. The van der Waals surface area contributed by atoms with Crippen LogP contribution in [0.3, 0.4) is 0 Å². The van der Waals surface area contributed by atoms with E-state index < -0.39 is 0 Å². The number of anilines is 1. The van der Waals surface area contributed by atoms with Gasteiger partial charge in [-0.25, -0.2) is 4.98 Å². The molecule has 2 atom stereocenters. The summed E-state index contributed by atoms with van der Waals surface area (Å²) in [6, 6.07) is 16.0. The Morgan fingerprint density at radius 1 is 1.18 bits per heavy atom. The fourth-order valence-electron chi connectivity index (χ4n) is 3.12. The lowest BCUT2D eigenvalue weighted by Crippen LogP contribution is -2.29. The number of hydrogen-bond acceptors (Lipinski definition) is 4. The quantitative estimate of drug-likeness (QED) is 0.727. The first-order valence-electron chi connectivity index (χ1n) is 7.30. The van der Waals surface area contributed by atoms with Gasteiger partial charge in [-0.3, -0.25) is 5.32 Å². The average molecular weight is 292 g/mol. The number of aromatic amines is 1. The minimum Gasteiger partial charge on any atom is -0.350 e. The lowest BCUT2D eigenvalue weighted by molar-refractivity contribution is -0.109. The Balaban J connectivity index is 1.77. The molecule has 1 fully saturated rings. The number of imidazole rings is 1. The van der Waals surface area contributed by atoms with Crippen LogP contribution in [0.15, 0.2) is 54.9 Å². The van der Waals surface area contributed by atoms with E-state index in [1.165, 1.54) is 0 Å². The molecule has 3 aromatic rings. The molecule has 4 rings (SSSR count). The van der Waals surface area contributed by atoms with Gasteiger partial charge in [0.25, 0.3) is 0 Å². The highest BCUT2D eigenvalue weighted by molar-refractivity contribution is 5.79. The van der Waals surface area contributed by atoms with Crippen molar-refractivity contribution in [3.05, 3.63) is 60.4 Å². The van der Waals surface area contributed by atoms with Gasteiger partial charge in [0.05, 0.1) is 36.1 Å². The number of aromatic nitrogens is 2. The minimum absolute atomic E-state index is 0.00454. The van der Waals surface area contributed by atoms with Crippen molar-refractivity contribution in [1.29, 1.82) is 0 Å². The molecule has 22 heavy (non-hydrogen) atoms. The number of nitrogens with zero attached hydrogens (tertiary/aromatic N) is 2. The Morgan fingerprint density at radius 3 is 2.86 bits per heavy atom. The van der Waals surface area contributed by atoms with Crippen LogP contribution in [-0.2, 0) is 4.79 Å². The van der Waals surface area contributed by atoms with Gasteiger partial charge >= 0.3 is 0 Å². The molecule has 5 heteroatoms. The van der Waals surface area contributed by atoms with E-state index in [0.29, 0.717) is 6.67 Å². The summed E-state index contributed by atoms with van der Waals surface area (Å²) in [5.74, 6) is 0. The Labute approximate surface area is 128 Å².